The van der Waals surface area contributed by atoms with Gasteiger partial charge in [0.2, 0.25) is 10.0 Å². The molecule has 0 saturated carbocycles. The first-order valence-electron chi connectivity index (χ1n) is 8.40. The van der Waals surface area contributed by atoms with E-state index in [1.54, 1.807) is 0 Å². The van der Waals surface area contributed by atoms with Crippen LogP contribution in [0.3, 0.4) is 0 Å². The maximum absolute atomic E-state index is 13.4. The highest BCUT2D eigenvalue weighted by atomic mass is 35.5. The van der Waals surface area contributed by atoms with E-state index in [9.17, 15) is 34.8 Å². The average Bonchev–Trinajstić information content (AvgIpc) is 2.66. The highest BCUT2D eigenvalue weighted by Gasteiger charge is 2.41. The van der Waals surface area contributed by atoms with E-state index >= 15 is 0 Å². The number of alkyl halides is 6. The second kappa shape index (κ2) is 7.85. The van der Waals surface area contributed by atoms with Gasteiger partial charge in [-0.25, -0.2) is 13.6 Å². The number of benzene rings is 3. The lowest BCUT2D eigenvalue weighted by Gasteiger charge is -2.18. The third-order valence-electron chi connectivity index (χ3n) is 4.42. The molecule has 3 rings (SSSR count). The van der Waals surface area contributed by atoms with Crippen LogP contribution < -0.4 is 5.14 Å². The van der Waals surface area contributed by atoms with E-state index in [0.717, 1.165) is 0 Å². The average molecular weight is 480 g/mol. The van der Waals surface area contributed by atoms with Crippen molar-refractivity contribution in [1.29, 1.82) is 0 Å². The minimum atomic E-state index is -5.11. The quantitative estimate of drug-likeness (QED) is 0.444. The van der Waals surface area contributed by atoms with E-state index in [4.69, 9.17) is 16.7 Å². The Morgan fingerprint density at radius 2 is 1.13 bits per heavy atom. The van der Waals surface area contributed by atoms with Gasteiger partial charge in [0.05, 0.1) is 21.0 Å². The van der Waals surface area contributed by atoms with Crippen molar-refractivity contribution in [3.05, 3.63) is 76.8 Å². The van der Waals surface area contributed by atoms with Gasteiger partial charge >= 0.3 is 12.4 Å². The first-order chi connectivity index (χ1) is 14.2. The molecule has 3 nitrogen and oxygen atoms in total. The van der Waals surface area contributed by atoms with Crippen molar-refractivity contribution in [2.75, 3.05) is 0 Å². The molecule has 0 amide bonds. The second-order valence-electron chi connectivity index (χ2n) is 6.50. The van der Waals surface area contributed by atoms with Crippen LogP contribution in [0.15, 0.2) is 65.6 Å². The Balaban J connectivity index is 2.26. The van der Waals surface area contributed by atoms with E-state index in [2.05, 4.69) is 0 Å². The number of primary sulfonamides is 1. The van der Waals surface area contributed by atoms with Crippen molar-refractivity contribution in [2.45, 2.75) is 17.2 Å². The van der Waals surface area contributed by atoms with Crippen LogP contribution in [0.2, 0.25) is 5.02 Å². The normalized spacial score (nSPS) is 12.8. The smallest absolute Gasteiger partial charge is 0.225 e. The maximum atomic E-state index is 13.4. The molecule has 31 heavy (non-hydrogen) atoms. The van der Waals surface area contributed by atoms with Gasteiger partial charge < -0.3 is 0 Å². The molecule has 0 fully saturated rings. The zero-order valence-corrected chi connectivity index (χ0v) is 16.8. The molecule has 164 valence electrons. The van der Waals surface area contributed by atoms with Crippen LogP contribution in [0.1, 0.15) is 11.1 Å². The maximum Gasteiger partial charge on any atom is 0.417 e. The largest absolute Gasteiger partial charge is 0.417 e. The fourth-order valence-corrected chi connectivity index (χ4v) is 3.84. The SMILES string of the molecule is NS(=O)(=O)c1ccc(-c2ccccc2-c2cc(C(F)(F)F)c(Cl)c(C(F)(F)F)c2)cc1. The molecule has 0 saturated heterocycles. The van der Waals surface area contributed by atoms with Gasteiger partial charge in [-0.1, -0.05) is 48.0 Å². The first kappa shape index (κ1) is 23.1. The fraction of sp³-hybridized carbons (Fsp3) is 0.100. The molecule has 0 heterocycles. The summed E-state index contributed by atoms with van der Waals surface area (Å²) in [4.78, 5) is -0.195. The summed E-state index contributed by atoms with van der Waals surface area (Å²) in [5.41, 5.74) is -2.86. The van der Waals surface area contributed by atoms with Gasteiger partial charge in [-0.2, -0.15) is 26.3 Å². The Kier molecular flexibility index (Phi) is 5.85. The summed E-state index contributed by atoms with van der Waals surface area (Å²) in [5, 5.41) is 3.61. The molecule has 3 aromatic carbocycles. The van der Waals surface area contributed by atoms with Crippen LogP contribution in [0.25, 0.3) is 22.3 Å². The van der Waals surface area contributed by atoms with Crippen molar-refractivity contribution < 1.29 is 34.8 Å². The van der Waals surface area contributed by atoms with Crippen molar-refractivity contribution in [3.63, 3.8) is 0 Å². The number of rotatable bonds is 3. The lowest BCUT2D eigenvalue weighted by atomic mass is 9.92. The van der Waals surface area contributed by atoms with Gasteiger partial charge in [-0.05, 0) is 46.5 Å². The fourth-order valence-electron chi connectivity index (χ4n) is 3.00. The van der Waals surface area contributed by atoms with Crippen LogP contribution in [0, 0.1) is 0 Å². The summed E-state index contributed by atoms with van der Waals surface area (Å²) in [7, 11) is -3.98. The Hall–Kier alpha value is -2.56. The van der Waals surface area contributed by atoms with E-state index in [0.29, 0.717) is 17.7 Å². The summed E-state index contributed by atoms with van der Waals surface area (Å²) in [6.07, 6.45) is -10.2. The summed E-state index contributed by atoms with van der Waals surface area (Å²) >= 11 is 5.45. The third kappa shape index (κ3) is 4.86. The zero-order chi connectivity index (χ0) is 23.2. The van der Waals surface area contributed by atoms with Crippen molar-refractivity contribution in [1.82, 2.24) is 0 Å². The molecule has 0 atom stereocenters. The first-order valence-corrected chi connectivity index (χ1v) is 10.3. The third-order valence-corrected chi connectivity index (χ3v) is 5.75. The molecule has 0 aliphatic rings. The van der Waals surface area contributed by atoms with Gasteiger partial charge in [-0.3, -0.25) is 0 Å². The van der Waals surface area contributed by atoms with Crippen molar-refractivity contribution in [2.24, 2.45) is 5.14 Å². The standard InChI is InChI=1S/C20H12ClF6NO2S/c21-18-16(19(22,23)24)9-12(10-17(18)20(25,26)27)15-4-2-1-3-14(15)11-5-7-13(8-6-11)31(28,29)30/h1-10H,(H2,28,29,30). The molecule has 0 bridgehead atoms. The Morgan fingerprint density at radius 1 is 0.710 bits per heavy atom. The van der Waals surface area contributed by atoms with E-state index < -0.39 is 38.5 Å². The van der Waals surface area contributed by atoms with Gasteiger partial charge in [0.1, 0.15) is 0 Å². The molecule has 0 aliphatic heterocycles. The number of hydrogen-bond donors (Lipinski definition) is 1. The van der Waals surface area contributed by atoms with Crippen molar-refractivity contribution in [3.8, 4) is 22.3 Å². The van der Waals surface area contributed by atoms with Gasteiger partial charge in [0, 0.05) is 0 Å². The second-order valence-corrected chi connectivity index (χ2v) is 8.44. The van der Waals surface area contributed by atoms with E-state index in [-0.39, 0.29) is 21.6 Å². The Morgan fingerprint density at radius 3 is 1.52 bits per heavy atom. The molecule has 0 radical (unpaired) electrons. The topological polar surface area (TPSA) is 60.2 Å². The van der Waals surface area contributed by atoms with Crippen LogP contribution >= 0.6 is 11.6 Å². The summed E-state index contributed by atoms with van der Waals surface area (Å²) in [6.45, 7) is 0. The van der Waals surface area contributed by atoms with Gasteiger partial charge in [-0.15, -0.1) is 0 Å². The summed E-state index contributed by atoms with van der Waals surface area (Å²) in [5.74, 6) is 0. The van der Waals surface area contributed by atoms with Gasteiger partial charge in [0.15, 0.2) is 0 Å². The molecule has 2 N–H and O–H groups in total. The highest BCUT2D eigenvalue weighted by Crippen LogP contribution is 2.45. The highest BCUT2D eigenvalue weighted by molar-refractivity contribution is 7.89. The molecule has 0 aromatic heterocycles. The predicted molar refractivity (Wildman–Crippen MR) is 104 cm³/mol. The number of hydrogen-bond acceptors (Lipinski definition) is 2. The zero-order valence-electron chi connectivity index (χ0n) is 15.2. The lowest BCUT2D eigenvalue weighted by Crippen LogP contribution is -2.13. The lowest BCUT2D eigenvalue weighted by molar-refractivity contribution is -0.142. The van der Waals surface area contributed by atoms with Gasteiger partial charge in [0.25, 0.3) is 0 Å². The Labute approximate surface area is 178 Å². The number of halogens is 7. The molecule has 0 spiro atoms. The van der Waals surface area contributed by atoms with Crippen LogP contribution in [-0.4, -0.2) is 8.42 Å². The molecular weight excluding hydrogens is 468 g/mol. The molecular formula is C20H12ClF6NO2S. The van der Waals surface area contributed by atoms with Crippen LogP contribution in [0.5, 0.6) is 0 Å². The minimum Gasteiger partial charge on any atom is -0.225 e. The molecule has 0 aliphatic carbocycles. The van der Waals surface area contributed by atoms with E-state index in [1.807, 2.05) is 0 Å². The Bertz CT molecular complexity index is 1200. The summed E-state index contributed by atoms with van der Waals surface area (Å²) < 4.78 is 103. The summed E-state index contributed by atoms with van der Waals surface area (Å²) in [6, 6.07) is 12.0. The van der Waals surface area contributed by atoms with E-state index in [1.165, 1.54) is 48.5 Å². The minimum absolute atomic E-state index is 0.0681. The van der Waals surface area contributed by atoms with Crippen LogP contribution in [0.4, 0.5) is 26.3 Å². The number of nitrogens with two attached hydrogens (primary N) is 1. The molecule has 3 aromatic rings. The predicted octanol–water partition coefficient (Wildman–Crippen LogP) is 6.36. The van der Waals surface area contributed by atoms with Crippen molar-refractivity contribution >= 4 is 21.6 Å². The number of sulfonamides is 1. The molecule has 0 unspecified atom stereocenters. The molecule has 11 heteroatoms. The van der Waals surface area contributed by atoms with Crippen LogP contribution in [-0.2, 0) is 22.4 Å². The monoisotopic (exact) mass is 479 g/mol.